The van der Waals surface area contributed by atoms with Crippen LogP contribution in [0.4, 0.5) is 4.39 Å². The average molecular weight is 197 g/mol. The van der Waals surface area contributed by atoms with Crippen molar-refractivity contribution in [1.82, 2.24) is 0 Å². The van der Waals surface area contributed by atoms with Gasteiger partial charge in [-0.25, -0.2) is 4.39 Å². The first-order valence-corrected chi connectivity index (χ1v) is 6.31. The lowest BCUT2D eigenvalue weighted by molar-refractivity contribution is 0.0293. The second kappa shape index (κ2) is 3.86. The van der Waals surface area contributed by atoms with E-state index in [0.717, 1.165) is 0 Å². The van der Waals surface area contributed by atoms with Crippen LogP contribution in [0.15, 0.2) is 0 Å². The van der Waals surface area contributed by atoms with Gasteiger partial charge < -0.3 is 10.3 Å². The average Bonchev–Trinajstić information content (AvgIpc) is 1.80. The highest BCUT2D eigenvalue weighted by Crippen LogP contribution is 2.43. The molecule has 1 atom stereocenters. The van der Waals surface area contributed by atoms with Gasteiger partial charge in [-0.15, -0.1) is 0 Å². The van der Waals surface area contributed by atoms with Crippen LogP contribution in [0, 0.1) is 0 Å². The number of hydrogen-bond acceptors (Lipinski definition) is 3. The molecule has 0 heterocycles. The quantitative estimate of drug-likeness (QED) is 0.696. The van der Waals surface area contributed by atoms with Crippen molar-refractivity contribution in [1.29, 1.82) is 0 Å². The van der Waals surface area contributed by atoms with E-state index >= 15 is 0 Å². The molecule has 0 radical (unpaired) electrons. The molecule has 5 heteroatoms. The molecule has 0 spiro atoms. The van der Waals surface area contributed by atoms with Gasteiger partial charge in [0.25, 0.3) is 0 Å². The molecule has 0 amide bonds. The molecule has 0 bridgehead atoms. The summed E-state index contributed by atoms with van der Waals surface area (Å²) in [5, 5.41) is 0. The van der Waals surface area contributed by atoms with Gasteiger partial charge in [-0.2, -0.15) is 0 Å². The van der Waals surface area contributed by atoms with Crippen LogP contribution in [0.3, 0.4) is 0 Å². The van der Waals surface area contributed by atoms with Crippen LogP contribution in [-0.2, 0) is 9.09 Å². The van der Waals surface area contributed by atoms with Crippen LogP contribution in [0.2, 0.25) is 0 Å². The first kappa shape index (κ1) is 12.1. The number of nitrogens with two attached hydrogens (primary N) is 1. The summed E-state index contributed by atoms with van der Waals surface area (Å²) in [7, 11) is -2.65. The van der Waals surface area contributed by atoms with E-state index in [1.165, 1.54) is 13.3 Å². The summed E-state index contributed by atoms with van der Waals surface area (Å²) < 4.78 is 29.4. The van der Waals surface area contributed by atoms with E-state index < -0.39 is 19.1 Å². The summed E-state index contributed by atoms with van der Waals surface area (Å²) >= 11 is 0. The molecule has 74 valence electrons. The van der Waals surface area contributed by atoms with Crippen LogP contribution in [-0.4, -0.2) is 31.6 Å². The molecule has 12 heavy (non-hydrogen) atoms. The molecular formula is C7H17FNO2P. The molecule has 0 aliphatic heterocycles. The monoisotopic (exact) mass is 197 g/mol. The lowest BCUT2D eigenvalue weighted by Crippen LogP contribution is -2.40. The predicted octanol–water partition coefficient (Wildman–Crippen LogP) is 1.62. The van der Waals surface area contributed by atoms with Crippen molar-refractivity contribution in [3.8, 4) is 0 Å². The highest BCUT2D eigenvalue weighted by Gasteiger charge is 2.33. The van der Waals surface area contributed by atoms with Gasteiger partial charge in [0.2, 0.25) is 0 Å². The molecule has 0 aromatic heterocycles. The smallest absolute Gasteiger partial charge is 0.197 e. The maximum Gasteiger partial charge on any atom is 0.197 e. The van der Waals surface area contributed by atoms with Crippen molar-refractivity contribution in [2.45, 2.75) is 25.6 Å². The highest BCUT2D eigenvalue weighted by molar-refractivity contribution is 7.57. The molecule has 0 aliphatic carbocycles. The Morgan fingerprint density at radius 2 is 2.00 bits per heavy atom. The summed E-state index contributed by atoms with van der Waals surface area (Å²) in [5.74, 6) is 0. The number of alkyl halides is 1. The third-order valence-corrected chi connectivity index (χ3v) is 2.33. The molecule has 0 unspecified atom stereocenters. The first-order chi connectivity index (χ1) is 5.19. The van der Waals surface area contributed by atoms with Crippen molar-refractivity contribution < 1.29 is 13.5 Å². The van der Waals surface area contributed by atoms with Crippen molar-refractivity contribution in [3.05, 3.63) is 0 Å². The van der Waals surface area contributed by atoms with Crippen molar-refractivity contribution in [2.24, 2.45) is 5.73 Å². The first-order valence-electron chi connectivity index (χ1n) is 3.79. The van der Waals surface area contributed by atoms with Crippen LogP contribution in [0.25, 0.3) is 0 Å². The molecule has 0 fully saturated rings. The Morgan fingerprint density at radius 1 is 1.58 bits per heavy atom. The maximum absolute atomic E-state index is 13.1. The van der Waals surface area contributed by atoms with Gasteiger partial charge in [0.1, 0.15) is 11.8 Å². The number of halogens is 1. The SMILES string of the molecule is CC(C)(OP(C)(C)=O)[C@H](F)CN. The normalized spacial score (nSPS) is 16.2. The van der Waals surface area contributed by atoms with Crippen molar-refractivity contribution in [3.63, 3.8) is 0 Å². The summed E-state index contributed by atoms with van der Waals surface area (Å²) in [5.41, 5.74) is 4.07. The van der Waals surface area contributed by atoms with Gasteiger partial charge in [-0.05, 0) is 13.8 Å². The molecular weight excluding hydrogens is 180 g/mol. The fourth-order valence-corrected chi connectivity index (χ4v) is 2.16. The van der Waals surface area contributed by atoms with Gasteiger partial charge >= 0.3 is 0 Å². The standard InChI is InChI=1S/C7H17FNO2P/c1-7(2,6(8)5-9)11-12(3,4)10/h6H,5,9H2,1-4H3/t6-/m1/s1. The second-order valence-corrected chi connectivity index (χ2v) is 6.34. The van der Waals surface area contributed by atoms with Crippen molar-refractivity contribution in [2.75, 3.05) is 19.9 Å². The Morgan fingerprint density at radius 3 is 2.25 bits per heavy atom. The zero-order valence-corrected chi connectivity index (χ0v) is 8.90. The molecule has 0 aliphatic rings. The lowest BCUT2D eigenvalue weighted by atomic mass is 10.0. The van der Waals surface area contributed by atoms with E-state index in [9.17, 15) is 8.96 Å². The highest BCUT2D eigenvalue weighted by atomic mass is 31.2. The fraction of sp³-hybridized carbons (Fsp3) is 1.00. The zero-order chi connectivity index (χ0) is 9.99. The van der Waals surface area contributed by atoms with Crippen LogP contribution < -0.4 is 5.73 Å². The predicted molar refractivity (Wildman–Crippen MR) is 48.6 cm³/mol. The van der Waals surface area contributed by atoms with Gasteiger partial charge in [0, 0.05) is 19.9 Å². The summed E-state index contributed by atoms with van der Waals surface area (Å²) in [4.78, 5) is 0. The molecule has 3 nitrogen and oxygen atoms in total. The minimum Gasteiger partial charge on any atom is -0.328 e. The van der Waals surface area contributed by atoms with E-state index in [0.29, 0.717) is 0 Å². The Kier molecular flexibility index (Phi) is 3.88. The Hall–Kier alpha value is 0.0800. The fourth-order valence-electron chi connectivity index (χ4n) is 0.908. The zero-order valence-electron chi connectivity index (χ0n) is 8.00. The Bertz CT molecular complexity index is 190. The molecule has 0 saturated carbocycles. The molecule has 2 N–H and O–H groups in total. The minimum atomic E-state index is -2.65. The summed E-state index contributed by atoms with van der Waals surface area (Å²) in [6, 6.07) is 0. The van der Waals surface area contributed by atoms with Crippen LogP contribution in [0.1, 0.15) is 13.8 Å². The molecule has 0 aromatic carbocycles. The topological polar surface area (TPSA) is 52.3 Å². The van der Waals surface area contributed by atoms with E-state index in [4.69, 9.17) is 10.3 Å². The largest absolute Gasteiger partial charge is 0.328 e. The summed E-state index contributed by atoms with van der Waals surface area (Å²) in [6.07, 6.45) is -1.29. The van der Waals surface area contributed by atoms with Gasteiger partial charge in [0.05, 0.1) is 0 Å². The maximum atomic E-state index is 13.1. The van der Waals surface area contributed by atoms with Gasteiger partial charge in [-0.1, -0.05) is 0 Å². The van der Waals surface area contributed by atoms with E-state index in [-0.39, 0.29) is 6.54 Å². The van der Waals surface area contributed by atoms with Gasteiger partial charge in [-0.3, -0.25) is 4.57 Å². The van der Waals surface area contributed by atoms with E-state index in [2.05, 4.69) is 0 Å². The lowest BCUT2D eigenvalue weighted by Gasteiger charge is -2.29. The Labute approximate surface area is 72.9 Å². The third-order valence-electron chi connectivity index (χ3n) is 1.42. The molecule has 0 aromatic rings. The number of rotatable bonds is 4. The molecule has 0 rings (SSSR count). The van der Waals surface area contributed by atoms with Gasteiger partial charge in [0.15, 0.2) is 7.37 Å². The second-order valence-electron chi connectivity index (χ2n) is 3.65. The van der Waals surface area contributed by atoms with Crippen LogP contribution in [0.5, 0.6) is 0 Å². The third kappa shape index (κ3) is 4.19. The number of hydrogen-bond donors (Lipinski definition) is 1. The molecule has 0 saturated heterocycles. The van der Waals surface area contributed by atoms with Crippen molar-refractivity contribution >= 4 is 7.37 Å². The minimum absolute atomic E-state index is 0.118. The van der Waals surface area contributed by atoms with Crippen LogP contribution >= 0.6 is 7.37 Å². The summed E-state index contributed by atoms with van der Waals surface area (Å²) in [6.45, 7) is 5.89. The Balaban J connectivity index is 4.32. The van der Waals surface area contributed by atoms with E-state index in [1.54, 1.807) is 13.8 Å². The van der Waals surface area contributed by atoms with E-state index in [1.807, 2.05) is 0 Å².